The van der Waals surface area contributed by atoms with Crippen LogP contribution >= 0.6 is 0 Å². The molecule has 1 aromatic heterocycles. The Bertz CT molecular complexity index is 670. The van der Waals surface area contributed by atoms with Crippen molar-refractivity contribution in [1.82, 2.24) is 4.98 Å². The van der Waals surface area contributed by atoms with Gasteiger partial charge in [-0.05, 0) is 36.8 Å². The zero-order chi connectivity index (χ0) is 13.9. The first-order valence-corrected chi connectivity index (χ1v) is 7.09. The fourth-order valence-corrected chi connectivity index (χ4v) is 2.83. The summed E-state index contributed by atoms with van der Waals surface area (Å²) in [5.74, 6) is 0.316. The average molecular weight is 278 g/mol. The number of hydrogen-bond acceptors (Lipinski definition) is 4. The van der Waals surface area contributed by atoms with E-state index in [4.69, 9.17) is 4.74 Å². The van der Waals surface area contributed by atoms with Gasteiger partial charge in [0, 0.05) is 6.20 Å². The number of anilines is 1. The summed E-state index contributed by atoms with van der Waals surface area (Å²) in [6.07, 6.45) is 3.02. The van der Waals surface area contributed by atoms with E-state index in [2.05, 4.69) is 9.71 Å². The topological polar surface area (TPSA) is 68.3 Å². The maximum atomic E-state index is 12.3. The Morgan fingerprint density at radius 2 is 2.05 bits per heavy atom. The zero-order valence-electron chi connectivity index (χ0n) is 10.6. The molecule has 0 aliphatic carbocycles. The second-order valence-corrected chi connectivity index (χ2v) is 5.65. The molecule has 0 fully saturated rings. The van der Waals surface area contributed by atoms with Crippen LogP contribution in [-0.2, 0) is 10.0 Å². The summed E-state index contributed by atoms with van der Waals surface area (Å²) < 4.78 is 32.1. The molecule has 100 valence electrons. The molecule has 2 aromatic rings. The quantitative estimate of drug-likeness (QED) is 0.931. The number of aryl methyl sites for hydroxylation is 1. The van der Waals surface area contributed by atoms with E-state index >= 15 is 0 Å². The Morgan fingerprint density at radius 1 is 1.26 bits per heavy atom. The van der Waals surface area contributed by atoms with Crippen LogP contribution in [0.3, 0.4) is 0 Å². The number of aromatic nitrogens is 1. The molecule has 19 heavy (non-hydrogen) atoms. The fraction of sp³-hybridized carbons (Fsp3) is 0.154. The molecule has 0 saturated heterocycles. The molecule has 0 aliphatic rings. The molecule has 0 unspecified atom stereocenters. The summed E-state index contributed by atoms with van der Waals surface area (Å²) in [6, 6.07) is 8.21. The summed E-state index contributed by atoms with van der Waals surface area (Å²) in [7, 11) is -2.25. The molecule has 2 rings (SSSR count). The molecule has 6 heteroatoms. The van der Waals surface area contributed by atoms with Crippen molar-refractivity contribution in [3.8, 4) is 5.75 Å². The van der Waals surface area contributed by atoms with Crippen LogP contribution in [0.25, 0.3) is 0 Å². The van der Waals surface area contributed by atoms with Gasteiger partial charge in [-0.15, -0.1) is 0 Å². The highest BCUT2D eigenvalue weighted by Crippen LogP contribution is 2.26. The molecule has 0 saturated carbocycles. The summed E-state index contributed by atoms with van der Waals surface area (Å²) in [5.41, 5.74) is 1.34. The molecule has 0 spiro atoms. The number of nitrogens with one attached hydrogen (secondary N) is 1. The molecular formula is C13H14N2O3S. The van der Waals surface area contributed by atoms with Crippen molar-refractivity contribution in [2.24, 2.45) is 0 Å². The molecule has 1 aromatic carbocycles. The highest BCUT2D eigenvalue weighted by molar-refractivity contribution is 7.92. The number of rotatable bonds is 4. The molecular weight excluding hydrogens is 264 g/mol. The van der Waals surface area contributed by atoms with E-state index in [1.54, 1.807) is 30.5 Å². The van der Waals surface area contributed by atoms with Crippen LogP contribution in [0.4, 0.5) is 5.69 Å². The van der Waals surface area contributed by atoms with Gasteiger partial charge in [-0.3, -0.25) is 9.71 Å². The first kappa shape index (κ1) is 13.4. The van der Waals surface area contributed by atoms with Gasteiger partial charge in [-0.25, -0.2) is 8.42 Å². The number of nitrogens with zero attached hydrogens (tertiary/aromatic N) is 1. The van der Waals surface area contributed by atoms with E-state index < -0.39 is 10.0 Å². The summed E-state index contributed by atoms with van der Waals surface area (Å²) in [6.45, 7) is 1.87. The van der Waals surface area contributed by atoms with Crippen LogP contribution in [-0.4, -0.2) is 20.5 Å². The zero-order valence-corrected chi connectivity index (χ0v) is 11.4. The second-order valence-electron chi connectivity index (χ2n) is 4.00. The van der Waals surface area contributed by atoms with E-state index in [1.807, 2.05) is 6.92 Å². The van der Waals surface area contributed by atoms with Crippen molar-refractivity contribution < 1.29 is 13.2 Å². The SMILES string of the molecule is COc1cc(C)ccc1S(=O)(=O)Nc1cccnc1. The van der Waals surface area contributed by atoms with Crippen molar-refractivity contribution in [3.05, 3.63) is 48.3 Å². The Labute approximate surface area is 112 Å². The van der Waals surface area contributed by atoms with Gasteiger partial charge in [0.25, 0.3) is 10.0 Å². The van der Waals surface area contributed by atoms with Gasteiger partial charge in [0.2, 0.25) is 0 Å². The number of methoxy groups -OCH3 is 1. The number of hydrogen-bond donors (Lipinski definition) is 1. The van der Waals surface area contributed by atoms with E-state index in [0.29, 0.717) is 11.4 Å². The minimum Gasteiger partial charge on any atom is -0.495 e. The number of pyridine rings is 1. The van der Waals surface area contributed by atoms with E-state index in [9.17, 15) is 8.42 Å². The lowest BCUT2D eigenvalue weighted by Crippen LogP contribution is -2.14. The maximum absolute atomic E-state index is 12.3. The molecule has 0 aliphatic heterocycles. The van der Waals surface area contributed by atoms with Crippen LogP contribution in [0.2, 0.25) is 0 Å². The van der Waals surface area contributed by atoms with Crippen molar-refractivity contribution >= 4 is 15.7 Å². The average Bonchev–Trinajstić information content (AvgIpc) is 2.38. The highest BCUT2D eigenvalue weighted by atomic mass is 32.2. The maximum Gasteiger partial charge on any atom is 0.265 e. The van der Waals surface area contributed by atoms with Crippen LogP contribution < -0.4 is 9.46 Å². The first-order chi connectivity index (χ1) is 9.03. The molecule has 0 bridgehead atoms. The first-order valence-electron chi connectivity index (χ1n) is 5.60. The standard InChI is InChI=1S/C13H14N2O3S/c1-10-5-6-13(12(8-10)18-2)19(16,17)15-11-4-3-7-14-9-11/h3-9,15H,1-2H3. The molecule has 1 heterocycles. The predicted octanol–water partition coefficient (Wildman–Crippen LogP) is 2.20. The Hall–Kier alpha value is -2.08. The Balaban J connectivity index is 2.40. The molecule has 1 N–H and O–H groups in total. The lowest BCUT2D eigenvalue weighted by atomic mass is 10.2. The Morgan fingerprint density at radius 3 is 2.68 bits per heavy atom. The van der Waals surface area contributed by atoms with Crippen molar-refractivity contribution in [2.75, 3.05) is 11.8 Å². The van der Waals surface area contributed by atoms with E-state index in [0.717, 1.165) is 5.56 Å². The van der Waals surface area contributed by atoms with E-state index in [1.165, 1.54) is 19.4 Å². The normalized spacial score (nSPS) is 11.1. The van der Waals surface area contributed by atoms with Crippen LogP contribution in [0, 0.1) is 6.92 Å². The second kappa shape index (κ2) is 5.27. The Kier molecular flexibility index (Phi) is 3.71. The van der Waals surface area contributed by atoms with Gasteiger partial charge >= 0.3 is 0 Å². The molecule has 0 atom stereocenters. The summed E-state index contributed by atoms with van der Waals surface area (Å²) >= 11 is 0. The van der Waals surface area contributed by atoms with Crippen LogP contribution in [0.15, 0.2) is 47.6 Å². The van der Waals surface area contributed by atoms with Gasteiger partial charge < -0.3 is 4.74 Å². The van der Waals surface area contributed by atoms with Gasteiger partial charge in [-0.1, -0.05) is 6.07 Å². The third-order valence-electron chi connectivity index (χ3n) is 2.52. The molecule has 5 nitrogen and oxygen atoms in total. The number of benzene rings is 1. The van der Waals surface area contributed by atoms with Gasteiger partial charge in [-0.2, -0.15) is 0 Å². The number of sulfonamides is 1. The fourth-order valence-electron chi connectivity index (χ4n) is 1.63. The molecule has 0 amide bonds. The summed E-state index contributed by atoms with van der Waals surface area (Å²) in [5, 5.41) is 0. The predicted molar refractivity (Wildman–Crippen MR) is 72.8 cm³/mol. The smallest absolute Gasteiger partial charge is 0.265 e. The summed E-state index contributed by atoms with van der Waals surface area (Å²) in [4.78, 5) is 3.96. The van der Waals surface area contributed by atoms with Crippen molar-refractivity contribution in [1.29, 1.82) is 0 Å². The third kappa shape index (κ3) is 3.03. The monoisotopic (exact) mass is 278 g/mol. The lowest BCUT2D eigenvalue weighted by Gasteiger charge is -2.11. The van der Waals surface area contributed by atoms with Crippen molar-refractivity contribution in [2.45, 2.75) is 11.8 Å². The molecule has 0 radical (unpaired) electrons. The van der Waals surface area contributed by atoms with Gasteiger partial charge in [0.15, 0.2) is 0 Å². The number of ether oxygens (including phenoxy) is 1. The highest BCUT2D eigenvalue weighted by Gasteiger charge is 2.19. The minimum atomic E-state index is -3.69. The van der Waals surface area contributed by atoms with E-state index in [-0.39, 0.29) is 4.90 Å². The largest absolute Gasteiger partial charge is 0.495 e. The van der Waals surface area contributed by atoms with Crippen LogP contribution in [0.5, 0.6) is 5.75 Å². The van der Waals surface area contributed by atoms with Crippen molar-refractivity contribution in [3.63, 3.8) is 0 Å². The van der Waals surface area contributed by atoms with Gasteiger partial charge in [0.05, 0.1) is 19.0 Å². The van der Waals surface area contributed by atoms with Gasteiger partial charge in [0.1, 0.15) is 10.6 Å². The minimum absolute atomic E-state index is 0.101. The lowest BCUT2D eigenvalue weighted by molar-refractivity contribution is 0.402. The van der Waals surface area contributed by atoms with Crippen LogP contribution in [0.1, 0.15) is 5.56 Å². The third-order valence-corrected chi connectivity index (χ3v) is 3.94.